The fourth-order valence-corrected chi connectivity index (χ4v) is 3.67. The lowest BCUT2D eigenvalue weighted by Gasteiger charge is -2.27. The largest absolute Gasteiger partial charge is 0.482 e. The Labute approximate surface area is 176 Å². The van der Waals surface area contributed by atoms with Crippen LogP contribution in [0.25, 0.3) is 10.9 Å². The van der Waals surface area contributed by atoms with Crippen LogP contribution in [0.3, 0.4) is 0 Å². The van der Waals surface area contributed by atoms with Gasteiger partial charge in [0, 0.05) is 6.42 Å². The van der Waals surface area contributed by atoms with Gasteiger partial charge in [0.25, 0.3) is 11.5 Å². The summed E-state index contributed by atoms with van der Waals surface area (Å²) in [6.07, 6.45) is 0.587. The average molecular weight is 417 g/mol. The molecule has 4 aromatic rings. The van der Waals surface area contributed by atoms with Crippen molar-refractivity contribution in [2.45, 2.75) is 26.4 Å². The van der Waals surface area contributed by atoms with Crippen molar-refractivity contribution < 1.29 is 14.1 Å². The molecule has 1 aliphatic rings. The van der Waals surface area contributed by atoms with Gasteiger partial charge >= 0.3 is 0 Å². The first-order chi connectivity index (χ1) is 15.1. The van der Waals surface area contributed by atoms with Gasteiger partial charge in [-0.2, -0.15) is 4.98 Å². The molecule has 2 aromatic carbocycles. The molecule has 0 atom stereocenters. The Morgan fingerprint density at radius 2 is 1.81 bits per heavy atom. The molecule has 1 amide bonds. The molecular weight excluding hydrogens is 398 g/mol. The standard InChI is InChI=1S/C22H19N5O4/c1-2-19-23-15-8-4-3-7-14(15)22(29)27(19)11-18-24-20(31-25-18)12-26-16-9-5-6-10-17(16)30-13-21(26)28/h3-10H,2,11-13H2,1H3. The van der Waals surface area contributed by atoms with Crippen LogP contribution < -0.4 is 15.2 Å². The Kier molecular flexibility index (Phi) is 4.70. The van der Waals surface area contributed by atoms with Gasteiger partial charge in [0.15, 0.2) is 12.4 Å². The molecule has 0 N–H and O–H groups in total. The van der Waals surface area contributed by atoms with E-state index in [1.54, 1.807) is 27.7 Å². The predicted molar refractivity (Wildman–Crippen MR) is 112 cm³/mol. The summed E-state index contributed by atoms with van der Waals surface area (Å²) in [4.78, 5) is 35.9. The zero-order chi connectivity index (χ0) is 21.4. The molecule has 0 saturated heterocycles. The first kappa shape index (κ1) is 19.0. The molecular formula is C22H19N5O4. The highest BCUT2D eigenvalue weighted by Gasteiger charge is 2.27. The maximum atomic E-state index is 13.0. The fraction of sp³-hybridized carbons (Fsp3) is 0.227. The van der Waals surface area contributed by atoms with Gasteiger partial charge in [-0.25, -0.2) is 4.98 Å². The zero-order valence-electron chi connectivity index (χ0n) is 16.8. The van der Waals surface area contributed by atoms with Crippen molar-refractivity contribution in [3.8, 4) is 5.75 Å². The van der Waals surface area contributed by atoms with Crippen LogP contribution in [0.4, 0.5) is 5.69 Å². The van der Waals surface area contributed by atoms with E-state index in [1.165, 1.54) is 0 Å². The predicted octanol–water partition coefficient (Wildman–Crippen LogP) is 2.32. The van der Waals surface area contributed by atoms with Crippen LogP contribution in [0.15, 0.2) is 57.8 Å². The Hall–Kier alpha value is -4.01. The topological polar surface area (TPSA) is 103 Å². The second kappa shape index (κ2) is 7.67. The second-order valence-electron chi connectivity index (χ2n) is 7.13. The van der Waals surface area contributed by atoms with Crippen LogP contribution in [0.5, 0.6) is 5.75 Å². The molecule has 0 spiro atoms. The molecule has 156 valence electrons. The number of amides is 1. The number of hydrogen-bond acceptors (Lipinski definition) is 7. The number of rotatable bonds is 5. The van der Waals surface area contributed by atoms with Crippen molar-refractivity contribution in [2.75, 3.05) is 11.5 Å². The van der Waals surface area contributed by atoms with Crippen molar-refractivity contribution in [3.05, 3.63) is 76.4 Å². The number of fused-ring (bicyclic) bond motifs is 2. The van der Waals surface area contributed by atoms with Gasteiger partial charge in [-0.3, -0.25) is 19.1 Å². The summed E-state index contributed by atoms with van der Waals surface area (Å²) in [5.41, 5.74) is 1.17. The van der Waals surface area contributed by atoms with Crippen LogP contribution in [-0.4, -0.2) is 32.2 Å². The van der Waals surface area contributed by atoms with Crippen LogP contribution in [0, 0.1) is 0 Å². The highest BCUT2D eigenvalue weighted by Crippen LogP contribution is 2.32. The van der Waals surface area contributed by atoms with Crippen molar-refractivity contribution in [1.82, 2.24) is 19.7 Å². The number of aryl methyl sites for hydroxylation is 1. The smallest absolute Gasteiger partial charge is 0.265 e. The summed E-state index contributed by atoms with van der Waals surface area (Å²) in [5.74, 6) is 1.70. The van der Waals surface area contributed by atoms with Gasteiger partial charge in [-0.1, -0.05) is 36.3 Å². The fourth-order valence-electron chi connectivity index (χ4n) is 3.67. The Bertz CT molecular complexity index is 1340. The van der Waals surface area contributed by atoms with E-state index in [0.717, 1.165) is 0 Å². The number of aromatic nitrogens is 4. The second-order valence-corrected chi connectivity index (χ2v) is 7.13. The van der Waals surface area contributed by atoms with Crippen molar-refractivity contribution >= 4 is 22.5 Å². The summed E-state index contributed by atoms with van der Waals surface area (Å²) in [6.45, 7) is 2.15. The lowest BCUT2D eigenvalue weighted by molar-refractivity contribution is -0.121. The minimum Gasteiger partial charge on any atom is -0.482 e. The molecule has 0 bridgehead atoms. The molecule has 1 aliphatic heterocycles. The first-order valence-corrected chi connectivity index (χ1v) is 9.96. The SMILES string of the molecule is CCc1nc2ccccc2c(=O)n1Cc1noc(CN2C(=O)COc3ccccc32)n1. The maximum absolute atomic E-state index is 13.0. The number of benzene rings is 2. The Balaban J connectivity index is 1.43. The van der Waals surface area contributed by atoms with Gasteiger partial charge in [0.1, 0.15) is 18.1 Å². The van der Waals surface area contributed by atoms with E-state index >= 15 is 0 Å². The summed E-state index contributed by atoms with van der Waals surface area (Å²) >= 11 is 0. The summed E-state index contributed by atoms with van der Waals surface area (Å²) < 4.78 is 12.4. The Morgan fingerprint density at radius 3 is 2.68 bits per heavy atom. The summed E-state index contributed by atoms with van der Waals surface area (Å²) in [5, 5.41) is 4.55. The van der Waals surface area contributed by atoms with Crippen LogP contribution >= 0.6 is 0 Å². The monoisotopic (exact) mass is 417 g/mol. The van der Waals surface area contributed by atoms with Gasteiger partial charge in [-0.15, -0.1) is 0 Å². The highest BCUT2D eigenvalue weighted by molar-refractivity contribution is 5.97. The van der Waals surface area contributed by atoms with E-state index in [4.69, 9.17) is 9.26 Å². The normalized spacial score (nSPS) is 13.3. The molecule has 0 saturated carbocycles. The zero-order valence-corrected chi connectivity index (χ0v) is 16.8. The molecule has 0 aliphatic carbocycles. The molecule has 0 fully saturated rings. The van der Waals surface area contributed by atoms with Crippen molar-refractivity contribution in [1.29, 1.82) is 0 Å². The number of carbonyl (C=O) groups is 1. The molecule has 0 unspecified atom stereocenters. The molecule has 2 aromatic heterocycles. The third-order valence-corrected chi connectivity index (χ3v) is 5.17. The van der Waals surface area contributed by atoms with Crippen molar-refractivity contribution in [3.63, 3.8) is 0 Å². The van der Waals surface area contributed by atoms with Crippen molar-refractivity contribution in [2.24, 2.45) is 0 Å². The average Bonchev–Trinajstić information content (AvgIpc) is 3.24. The number of hydrogen-bond donors (Lipinski definition) is 0. The van der Waals surface area contributed by atoms with Gasteiger partial charge in [0.2, 0.25) is 5.89 Å². The van der Waals surface area contributed by atoms with Crippen LogP contribution in [0.1, 0.15) is 24.5 Å². The summed E-state index contributed by atoms with van der Waals surface area (Å²) in [6, 6.07) is 14.5. The van der Waals surface area contributed by atoms with E-state index in [2.05, 4.69) is 15.1 Å². The number of carbonyl (C=O) groups excluding carboxylic acids is 1. The van der Waals surface area contributed by atoms with E-state index < -0.39 is 0 Å². The molecule has 31 heavy (non-hydrogen) atoms. The third-order valence-electron chi connectivity index (χ3n) is 5.17. The first-order valence-electron chi connectivity index (χ1n) is 9.96. The van der Waals surface area contributed by atoms with E-state index in [1.807, 2.05) is 37.3 Å². The lowest BCUT2D eigenvalue weighted by Crippen LogP contribution is -2.38. The number of anilines is 1. The molecule has 5 rings (SSSR count). The van der Waals surface area contributed by atoms with Gasteiger partial charge in [-0.05, 0) is 24.3 Å². The molecule has 9 heteroatoms. The van der Waals surface area contributed by atoms with Gasteiger partial charge < -0.3 is 9.26 Å². The third kappa shape index (κ3) is 3.43. The highest BCUT2D eigenvalue weighted by atomic mass is 16.5. The number of ether oxygens (including phenoxy) is 1. The van der Waals surface area contributed by atoms with Crippen LogP contribution in [0.2, 0.25) is 0 Å². The van der Waals surface area contributed by atoms with Gasteiger partial charge in [0.05, 0.1) is 23.1 Å². The van der Waals surface area contributed by atoms with E-state index in [-0.39, 0.29) is 37.1 Å². The Morgan fingerprint density at radius 1 is 1.00 bits per heavy atom. The van der Waals surface area contributed by atoms with E-state index in [9.17, 15) is 9.59 Å². The molecule has 0 radical (unpaired) electrons. The maximum Gasteiger partial charge on any atom is 0.265 e. The minimum absolute atomic E-state index is 0.0456. The number of para-hydroxylation sites is 3. The summed E-state index contributed by atoms with van der Waals surface area (Å²) in [7, 11) is 0. The minimum atomic E-state index is -0.193. The molecule has 9 nitrogen and oxygen atoms in total. The molecule has 3 heterocycles. The quantitative estimate of drug-likeness (QED) is 0.491. The van der Waals surface area contributed by atoms with Crippen LogP contribution in [-0.2, 0) is 24.3 Å². The van der Waals surface area contributed by atoms with E-state index in [0.29, 0.717) is 40.4 Å². The number of nitrogens with zero attached hydrogens (tertiary/aromatic N) is 5. The lowest BCUT2D eigenvalue weighted by atomic mass is 10.2.